The van der Waals surface area contributed by atoms with Gasteiger partial charge < -0.3 is 15.4 Å². The van der Waals surface area contributed by atoms with Crippen molar-refractivity contribution in [3.05, 3.63) is 51.6 Å². The molecule has 0 bridgehead atoms. The van der Waals surface area contributed by atoms with Crippen LogP contribution in [0.2, 0.25) is 0 Å². The second-order valence-corrected chi connectivity index (χ2v) is 5.52. The Morgan fingerprint density at radius 2 is 1.95 bits per heavy atom. The van der Waals surface area contributed by atoms with Crippen molar-refractivity contribution < 1.29 is 9.53 Å². The number of carbonyl (C=O) groups is 1. The average Bonchev–Trinajstić information content (AvgIpc) is 2.42. The van der Waals surface area contributed by atoms with Crippen molar-refractivity contribution in [1.82, 2.24) is 0 Å². The predicted octanol–water partition coefficient (Wildman–Crippen LogP) is 4.25. The number of ether oxygens (including phenoxy) is 1. The number of aryl methyl sites for hydroxylation is 1. The van der Waals surface area contributed by atoms with Gasteiger partial charge in [0.15, 0.2) is 0 Å². The number of urea groups is 1. The second-order valence-electron chi connectivity index (χ2n) is 4.27. The molecule has 20 heavy (non-hydrogen) atoms. The maximum atomic E-state index is 12.0. The third kappa shape index (κ3) is 3.86. The van der Waals surface area contributed by atoms with Crippen LogP contribution in [0.1, 0.15) is 5.56 Å². The quantitative estimate of drug-likeness (QED) is 0.780. The zero-order valence-corrected chi connectivity index (χ0v) is 13.4. The number of hydrogen-bond acceptors (Lipinski definition) is 2. The van der Waals surface area contributed by atoms with E-state index in [1.54, 1.807) is 13.2 Å². The first-order chi connectivity index (χ1) is 9.58. The van der Waals surface area contributed by atoms with Crippen molar-refractivity contribution in [2.45, 2.75) is 6.92 Å². The van der Waals surface area contributed by atoms with E-state index in [4.69, 9.17) is 4.74 Å². The van der Waals surface area contributed by atoms with Gasteiger partial charge in [-0.2, -0.15) is 0 Å². The van der Waals surface area contributed by atoms with Gasteiger partial charge in [-0.05, 0) is 65.4 Å². The van der Waals surface area contributed by atoms with Crippen LogP contribution in [0.5, 0.6) is 5.75 Å². The minimum atomic E-state index is -0.275. The highest BCUT2D eigenvalue weighted by atomic mass is 127. The lowest BCUT2D eigenvalue weighted by Crippen LogP contribution is -2.19. The van der Waals surface area contributed by atoms with Crippen molar-refractivity contribution in [1.29, 1.82) is 0 Å². The van der Waals surface area contributed by atoms with Crippen molar-refractivity contribution in [2.24, 2.45) is 0 Å². The third-order valence-corrected chi connectivity index (χ3v) is 3.44. The molecule has 2 aromatic rings. The van der Waals surface area contributed by atoms with Gasteiger partial charge in [0.05, 0.1) is 7.11 Å². The molecule has 0 heterocycles. The highest BCUT2D eigenvalue weighted by Gasteiger charge is 2.05. The number of carbonyl (C=O) groups excluding carboxylic acids is 1. The molecule has 5 heteroatoms. The highest BCUT2D eigenvalue weighted by Crippen LogP contribution is 2.19. The van der Waals surface area contributed by atoms with Gasteiger partial charge in [0.1, 0.15) is 5.75 Å². The summed E-state index contributed by atoms with van der Waals surface area (Å²) in [4.78, 5) is 12.0. The van der Waals surface area contributed by atoms with E-state index >= 15 is 0 Å². The zero-order chi connectivity index (χ0) is 14.5. The molecule has 2 aromatic carbocycles. The van der Waals surface area contributed by atoms with Gasteiger partial charge in [0, 0.05) is 21.0 Å². The number of benzene rings is 2. The maximum absolute atomic E-state index is 12.0. The summed E-state index contributed by atoms with van der Waals surface area (Å²) in [7, 11) is 1.59. The van der Waals surface area contributed by atoms with Crippen LogP contribution < -0.4 is 15.4 Å². The lowest BCUT2D eigenvalue weighted by atomic mass is 10.2. The topological polar surface area (TPSA) is 50.4 Å². The Kier molecular flexibility index (Phi) is 4.84. The Bertz CT molecular complexity index is 629. The molecule has 0 saturated heterocycles. The molecular weight excluding hydrogens is 367 g/mol. The zero-order valence-electron chi connectivity index (χ0n) is 11.2. The largest absolute Gasteiger partial charge is 0.497 e. The van der Waals surface area contributed by atoms with E-state index in [1.165, 1.54) is 0 Å². The van der Waals surface area contributed by atoms with E-state index in [1.807, 2.05) is 43.3 Å². The van der Waals surface area contributed by atoms with Crippen molar-refractivity contribution in [3.63, 3.8) is 0 Å². The number of anilines is 2. The van der Waals surface area contributed by atoms with E-state index in [0.717, 1.165) is 14.8 Å². The molecule has 0 aliphatic carbocycles. The smallest absolute Gasteiger partial charge is 0.323 e. The molecule has 0 aliphatic heterocycles. The molecule has 0 saturated carbocycles. The fourth-order valence-corrected chi connectivity index (χ4v) is 2.40. The van der Waals surface area contributed by atoms with Crippen LogP contribution in [0.15, 0.2) is 42.5 Å². The van der Waals surface area contributed by atoms with Crippen LogP contribution in [0, 0.1) is 10.5 Å². The molecule has 0 aromatic heterocycles. The molecule has 2 rings (SSSR count). The Hall–Kier alpha value is -1.76. The minimum absolute atomic E-state index is 0.275. The molecule has 0 unspecified atom stereocenters. The summed E-state index contributed by atoms with van der Waals surface area (Å²) in [6.45, 7) is 1.96. The third-order valence-electron chi connectivity index (χ3n) is 2.76. The number of methoxy groups -OCH3 is 1. The SMILES string of the molecule is COc1cccc(NC(=O)Nc2ccc(I)cc2C)c1. The van der Waals surface area contributed by atoms with E-state index in [2.05, 4.69) is 33.2 Å². The van der Waals surface area contributed by atoms with Crippen LogP contribution in [-0.4, -0.2) is 13.1 Å². The van der Waals surface area contributed by atoms with Crippen LogP contribution in [-0.2, 0) is 0 Å². The van der Waals surface area contributed by atoms with Gasteiger partial charge in [-0.25, -0.2) is 4.79 Å². The molecule has 104 valence electrons. The predicted molar refractivity (Wildman–Crippen MR) is 89.5 cm³/mol. The summed E-state index contributed by atoms with van der Waals surface area (Å²) in [6, 6.07) is 12.8. The summed E-state index contributed by atoms with van der Waals surface area (Å²) < 4.78 is 6.25. The molecule has 0 atom stereocenters. The van der Waals surface area contributed by atoms with E-state index < -0.39 is 0 Å². The summed E-state index contributed by atoms with van der Waals surface area (Å²) in [5, 5.41) is 5.60. The summed E-state index contributed by atoms with van der Waals surface area (Å²) in [6.07, 6.45) is 0. The number of amides is 2. The first-order valence-corrected chi connectivity index (χ1v) is 7.14. The average molecular weight is 382 g/mol. The lowest BCUT2D eigenvalue weighted by Gasteiger charge is -2.11. The molecule has 0 spiro atoms. The Morgan fingerprint density at radius 1 is 1.15 bits per heavy atom. The molecule has 0 aliphatic rings. The van der Waals surface area contributed by atoms with Crippen LogP contribution in [0.4, 0.5) is 16.2 Å². The molecule has 0 radical (unpaired) electrons. The molecular formula is C15H15IN2O2. The van der Waals surface area contributed by atoms with Gasteiger partial charge in [0.25, 0.3) is 0 Å². The fraction of sp³-hybridized carbons (Fsp3) is 0.133. The minimum Gasteiger partial charge on any atom is -0.497 e. The first-order valence-electron chi connectivity index (χ1n) is 6.06. The summed E-state index contributed by atoms with van der Waals surface area (Å²) >= 11 is 2.24. The molecule has 4 nitrogen and oxygen atoms in total. The maximum Gasteiger partial charge on any atom is 0.323 e. The van der Waals surface area contributed by atoms with Gasteiger partial charge in [-0.3, -0.25) is 0 Å². The Balaban J connectivity index is 2.05. The number of nitrogens with one attached hydrogen (secondary N) is 2. The second kappa shape index (κ2) is 6.60. The van der Waals surface area contributed by atoms with Crippen LogP contribution in [0.25, 0.3) is 0 Å². The van der Waals surface area contributed by atoms with E-state index in [0.29, 0.717) is 11.4 Å². The molecule has 2 N–H and O–H groups in total. The lowest BCUT2D eigenvalue weighted by molar-refractivity contribution is 0.262. The van der Waals surface area contributed by atoms with Crippen LogP contribution in [0.3, 0.4) is 0 Å². The first kappa shape index (κ1) is 14.6. The standard InChI is InChI=1S/C15H15IN2O2/c1-10-8-11(16)6-7-14(10)18-15(19)17-12-4-3-5-13(9-12)20-2/h3-9H,1-2H3,(H2,17,18,19). The van der Waals surface area contributed by atoms with E-state index in [-0.39, 0.29) is 6.03 Å². The van der Waals surface area contributed by atoms with Crippen molar-refractivity contribution in [3.8, 4) is 5.75 Å². The highest BCUT2D eigenvalue weighted by molar-refractivity contribution is 14.1. The number of rotatable bonds is 3. The van der Waals surface area contributed by atoms with Gasteiger partial charge in [-0.15, -0.1) is 0 Å². The number of hydrogen-bond donors (Lipinski definition) is 2. The van der Waals surface area contributed by atoms with Gasteiger partial charge in [-0.1, -0.05) is 6.07 Å². The van der Waals surface area contributed by atoms with Crippen LogP contribution >= 0.6 is 22.6 Å². The summed E-state index contributed by atoms with van der Waals surface area (Å²) in [5.74, 6) is 0.702. The summed E-state index contributed by atoms with van der Waals surface area (Å²) in [5.41, 5.74) is 2.51. The molecule has 0 fully saturated rings. The van der Waals surface area contributed by atoms with Crippen molar-refractivity contribution >= 4 is 40.0 Å². The monoisotopic (exact) mass is 382 g/mol. The Morgan fingerprint density at radius 3 is 2.65 bits per heavy atom. The van der Waals surface area contributed by atoms with Gasteiger partial charge >= 0.3 is 6.03 Å². The fourth-order valence-electron chi connectivity index (χ4n) is 1.75. The number of halogens is 1. The van der Waals surface area contributed by atoms with Crippen molar-refractivity contribution in [2.75, 3.05) is 17.7 Å². The van der Waals surface area contributed by atoms with E-state index in [9.17, 15) is 4.79 Å². The Labute approximate surface area is 131 Å². The molecule has 2 amide bonds. The normalized spacial score (nSPS) is 9.95. The van der Waals surface area contributed by atoms with Gasteiger partial charge in [0.2, 0.25) is 0 Å².